The summed E-state index contributed by atoms with van der Waals surface area (Å²) in [6.45, 7) is 3.26. The summed E-state index contributed by atoms with van der Waals surface area (Å²) in [5.41, 5.74) is 1.22. The van der Waals surface area contributed by atoms with Crippen LogP contribution in [0.3, 0.4) is 0 Å². The van der Waals surface area contributed by atoms with Gasteiger partial charge in [0, 0.05) is 30.7 Å². The second-order valence-corrected chi connectivity index (χ2v) is 6.13. The largest absolute Gasteiger partial charge is 0.497 e. The van der Waals surface area contributed by atoms with Gasteiger partial charge in [-0.25, -0.2) is 0 Å². The number of rotatable bonds is 7. The number of hydrogen-bond acceptors (Lipinski definition) is 4. The van der Waals surface area contributed by atoms with Gasteiger partial charge in [0.15, 0.2) is 0 Å². The van der Waals surface area contributed by atoms with Gasteiger partial charge in [-0.2, -0.15) is 0 Å². The van der Waals surface area contributed by atoms with Crippen molar-refractivity contribution in [1.29, 1.82) is 0 Å². The topological polar surface area (TPSA) is 33.7 Å². The van der Waals surface area contributed by atoms with Crippen LogP contribution in [0.1, 0.15) is 31.2 Å². The van der Waals surface area contributed by atoms with Crippen LogP contribution in [0.5, 0.6) is 11.5 Å². The van der Waals surface area contributed by atoms with Crippen LogP contribution < -0.4 is 14.8 Å². The van der Waals surface area contributed by atoms with Crippen molar-refractivity contribution < 1.29 is 9.47 Å². The van der Waals surface area contributed by atoms with Gasteiger partial charge >= 0.3 is 0 Å². The average Bonchev–Trinajstić information content (AvgIpc) is 3.24. The summed E-state index contributed by atoms with van der Waals surface area (Å²) in [5, 5.41) is 3.61. The van der Waals surface area contributed by atoms with Gasteiger partial charge in [-0.3, -0.25) is 4.90 Å². The van der Waals surface area contributed by atoms with E-state index in [1.165, 1.54) is 37.8 Å². The molecule has 1 N–H and O–H groups in total. The molecule has 1 saturated carbocycles. The Labute approximate surface area is 127 Å². The normalized spacial score (nSPS) is 21.8. The van der Waals surface area contributed by atoms with Crippen molar-refractivity contribution in [2.45, 2.75) is 44.3 Å². The van der Waals surface area contributed by atoms with E-state index >= 15 is 0 Å². The molecular weight excluding hydrogens is 264 g/mol. The molecule has 1 aliphatic carbocycles. The lowest BCUT2D eigenvalue weighted by Gasteiger charge is -2.26. The van der Waals surface area contributed by atoms with Crippen molar-refractivity contribution in [3.63, 3.8) is 0 Å². The molecule has 1 atom stereocenters. The molecule has 0 amide bonds. The number of benzene rings is 1. The molecule has 116 valence electrons. The molecule has 2 aliphatic rings. The van der Waals surface area contributed by atoms with Gasteiger partial charge in [-0.1, -0.05) is 0 Å². The van der Waals surface area contributed by atoms with Crippen molar-refractivity contribution in [2.75, 3.05) is 27.3 Å². The van der Waals surface area contributed by atoms with Gasteiger partial charge in [0.05, 0.1) is 14.2 Å². The predicted octanol–water partition coefficient (Wildman–Crippen LogP) is 2.42. The number of hydrogen-bond donors (Lipinski definition) is 1. The third-order valence-electron chi connectivity index (χ3n) is 4.54. The van der Waals surface area contributed by atoms with Gasteiger partial charge in [0.2, 0.25) is 0 Å². The van der Waals surface area contributed by atoms with Crippen molar-refractivity contribution in [3.8, 4) is 11.5 Å². The number of nitrogens with zero attached hydrogens (tertiary/aromatic N) is 1. The Morgan fingerprint density at radius 2 is 2.05 bits per heavy atom. The minimum Gasteiger partial charge on any atom is -0.497 e. The standard InChI is InChI=1S/C17H26N2O2/c1-20-16-7-8-17(21-2)13(10-16)11-19(15-5-6-15)12-14-4-3-9-18-14/h7-8,10,14-15,18H,3-6,9,11-12H2,1-2H3. The molecule has 1 saturated heterocycles. The first-order chi connectivity index (χ1) is 10.3. The summed E-state index contributed by atoms with van der Waals surface area (Å²) < 4.78 is 10.9. The zero-order valence-corrected chi connectivity index (χ0v) is 13.1. The van der Waals surface area contributed by atoms with E-state index in [4.69, 9.17) is 9.47 Å². The van der Waals surface area contributed by atoms with Gasteiger partial charge in [-0.15, -0.1) is 0 Å². The molecule has 1 unspecified atom stereocenters. The average molecular weight is 290 g/mol. The van der Waals surface area contributed by atoms with Crippen molar-refractivity contribution in [3.05, 3.63) is 23.8 Å². The van der Waals surface area contributed by atoms with E-state index in [0.717, 1.165) is 30.6 Å². The summed E-state index contributed by atoms with van der Waals surface area (Å²) in [4.78, 5) is 2.61. The molecule has 3 rings (SSSR count). The monoisotopic (exact) mass is 290 g/mol. The van der Waals surface area contributed by atoms with Gasteiger partial charge in [-0.05, 0) is 50.4 Å². The highest BCUT2D eigenvalue weighted by Crippen LogP contribution is 2.32. The molecule has 1 aromatic carbocycles. The maximum Gasteiger partial charge on any atom is 0.123 e. The number of ether oxygens (including phenoxy) is 2. The fourth-order valence-corrected chi connectivity index (χ4v) is 3.20. The second-order valence-electron chi connectivity index (χ2n) is 6.13. The molecule has 0 bridgehead atoms. The molecule has 2 fully saturated rings. The first-order valence-corrected chi connectivity index (χ1v) is 7.98. The number of nitrogens with one attached hydrogen (secondary N) is 1. The molecule has 0 spiro atoms. The fraction of sp³-hybridized carbons (Fsp3) is 0.647. The number of methoxy groups -OCH3 is 2. The highest BCUT2D eigenvalue weighted by Gasteiger charge is 2.31. The molecule has 1 heterocycles. The maximum absolute atomic E-state index is 5.52. The van der Waals surface area contributed by atoms with Crippen molar-refractivity contribution in [2.24, 2.45) is 0 Å². The lowest BCUT2D eigenvalue weighted by Crippen LogP contribution is -2.38. The summed E-state index contributed by atoms with van der Waals surface area (Å²) >= 11 is 0. The van der Waals surface area contributed by atoms with Gasteiger partial charge in [0.1, 0.15) is 11.5 Å². The Morgan fingerprint density at radius 1 is 1.19 bits per heavy atom. The third-order valence-corrected chi connectivity index (χ3v) is 4.54. The van der Waals surface area contributed by atoms with E-state index in [0.29, 0.717) is 6.04 Å². The molecule has 0 aromatic heterocycles. The molecule has 1 aromatic rings. The molecule has 4 nitrogen and oxygen atoms in total. The molecule has 4 heteroatoms. The van der Waals surface area contributed by atoms with Crippen LogP contribution in [-0.2, 0) is 6.54 Å². The van der Waals surface area contributed by atoms with E-state index in [1.807, 2.05) is 12.1 Å². The van der Waals surface area contributed by atoms with Crippen LogP contribution in [0.2, 0.25) is 0 Å². The molecule has 0 radical (unpaired) electrons. The highest BCUT2D eigenvalue weighted by atomic mass is 16.5. The van der Waals surface area contributed by atoms with Crippen molar-refractivity contribution >= 4 is 0 Å². The highest BCUT2D eigenvalue weighted by molar-refractivity contribution is 5.40. The zero-order valence-electron chi connectivity index (χ0n) is 13.1. The minimum atomic E-state index is 0.655. The summed E-state index contributed by atoms with van der Waals surface area (Å²) in [7, 11) is 3.46. The third kappa shape index (κ3) is 3.69. The first-order valence-electron chi connectivity index (χ1n) is 7.98. The minimum absolute atomic E-state index is 0.655. The van der Waals surface area contributed by atoms with Crippen LogP contribution in [0.15, 0.2) is 18.2 Å². The summed E-state index contributed by atoms with van der Waals surface area (Å²) in [5.74, 6) is 1.86. The lowest BCUT2D eigenvalue weighted by atomic mass is 10.1. The zero-order chi connectivity index (χ0) is 14.7. The smallest absolute Gasteiger partial charge is 0.123 e. The quantitative estimate of drug-likeness (QED) is 0.836. The molecule has 1 aliphatic heterocycles. The van der Waals surface area contributed by atoms with Crippen LogP contribution in [-0.4, -0.2) is 44.3 Å². The summed E-state index contributed by atoms with van der Waals surface area (Å²) in [6, 6.07) is 7.48. The molecule has 21 heavy (non-hydrogen) atoms. The van der Waals surface area contributed by atoms with E-state index in [1.54, 1.807) is 14.2 Å². The lowest BCUT2D eigenvalue weighted by molar-refractivity contribution is 0.227. The van der Waals surface area contributed by atoms with Gasteiger partial charge in [0.25, 0.3) is 0 Å². The van der Waals surface area contributed by atoms with Crippen LogP contribution in [0, 0.1) is 0 Å². The van der Waals surface area contributed by atoms with Crippen molar-refractivity contribution in [1.82, 2.24) is 10.2 Å². The Bertz CT molecular complexity index is 468. The second kappa shape index (κ2) is 6.67. The first kappa shape index (κ1) is 14.7. The van der Waals surface area contributed by atoms with E-state index < -0.39 is 0 Å². The predicted molar refractivity (Wildman–Crippen MR) is 84.0 cm³/mol. The Balaban J connectivity index is 1.72. The molecular formula is C17H26N2O2. The fourth-order valence-electron chi connectivity index (χ4n) is 3.20. The Morgan fingerprint density at radius 3 is 2.67 bits per heavy atom. The van der Waals surface area contributed by atoms with E-state index in [-0.39, 0.29) is 0 Å². The summed E-state index contributed by atoms with van der Waals surface area (Å²) in [6.07, 6.45) is 5.28. The van der Waals surface area contributed by atoms with E-state index in [2.05, 4.69) is 16.3 Å². The van der Waals surface area contributed by atoms with Crippen LogP contribution in [0.25, 0.3) is 0 Å². The van der Waals surface area contributed by atoms with Crippen LogP contribution in [0.4, 0.5) is 0 Å². The van der Waals surface area contributed by atoms with Crippen LogP contribution >= 0.6 is 0 Å². The van der Waals surface area contributed by atoms with E-state index in [9.17, 15) is 0 Å². The van der Waals surface area contributed by atoms with Gasteiger partial charge < -0.3 is 14.8 Å². The SMILES string of the molecule is COc1ccc(OC)c(CN(CC2CCCN2)C2CC2)c1. The Hall–Kier alpha value is -1.26. The maximum atomic E-state index is 5.52. The Kier molecular flexibility index (Phi) is 4.66.